The van der Waals surface area contributed by atoms with Crippen LogP contribution in [0.2, 0.25) is 0 Å². The van der Waals surface area contributed by atoms with Crippen molar-refractivity contribution in [2.24, 2.45) is 23.7 Å². The number of hydrogen-bond donors (Lipinski definition) is 2. The number of anilines is 1. The van der Waals surface area contributed by atoms with Crippen molar-refractivity contribution in [2.45, 2.75) is 167 Å². The number of cyclic esters (lactones) is 1. The number of fused-ring (bicyclic) bond motifs is 1. The third-order valence-corrected chi connectivity index (χ3v) is 13.9. The van der Waals surface area contributed by atoms with Crippen molar-refractivity contribution >= 4 is 29.6 Å². The number of carbonyl (C=O) groups is 4. The molecule has 0 spiro atoms. The first-order chi connectivity index (χ1) is 30.7. The van der Waals surface area contributed by atoms with Gasteiger partial charge in [0.25, 0.3) is 0 Å². The quantitative estimate of drug-likeness (QED) is 0.117. The fourth-order valence-corrected chi connectivity index (χ4v) is 10.3. The van der Waals surface area contributed by atoms with Crippen LogP contribution in [0.25, 0.3) is 0 Å². The summed E-state index contributed by atoms with van der Waals surface area (Å²) in [7, 11) is 5.30. The topological polar surface area (TPSA) is 188 Å². The summed E-state index contributed by atoms with van der Waals surface area (Å²) < 4.78 is 38.5. The van der Waals surface area contributed by atoms with Gasteiger partial charge in [0.05, 0.1) is 36.2 Å². The van der Waals surface area contributed by atoms with Crippen LogP contribution in [0, 0.1) is 30.6 Å². The average Bonchev–Trinajstić information content (AvgIpc) is 3.53. The zero-order chi connectivity index (χ0) is 47.8. The molecule has 2 aromatic heterocycles. The maximum absolute atomic E-state index is 15.0. The van der Waals surface area contributed by atoms with E-state index in [9.17, 15) is 24.3 Å². The van der Waals surface area contributed by atoms with Crippen molar-refractivity contribution in [3.63, 3.8) is 0 Å². The Balaban J connectivity index is 1.53. The van der Waals surface area contributed by atoms with Crippen LogP contribution in [0.4, 0.5) is 10.6 Å². The third-order valence-electron chi connectivity index (χ3n) is 13.9. The van der Waals surface area contributed by atoms with E-state index in [-0.39, 0.29) is 37.2 Å². The fourth-order valence-electron chi connectivity index (χ4n) is 10.3. The second-order valence-electron chi connectivity index (χ2n) is 19.2. The smallest absolute Gasteiger partial charge is 0.410 e. The Morgan fingerprint density at radius 3 is 2.42 bits per heavy atom. The molecule has 14 atom stereocenters. The first-order valence-electron chi connectivity index (χ1n) is 23.5. The molecule has 2 aromatic rings. The number of nitrogens with zero attached hydrogens (tertiary/aromatic N) is 4. The van der Waals surface area contributed by atoms with Crippen molar-refractivity contribution in [1.82, 2.24) is 19.8 Å². The van der Waals surface area contributed by atoms with Gasteiger partial charge < -0.3 is 48.6 Å². The molecule has 3 aliphatic heterocycles. The van der Waals surface area contributed by atoms with Crippen LogP contribution in [0.1, 0.15) is 105 Å². The second kappa shape index (κ2) is 22.5. The normalized spacial score (nSPS) is 34.9. The summed E-state index contributed by atoms with van der Waals surface area (Å²) in [6, 6.07) is 10.1. The molecule has 65 heavy (non-hydrogen) atoms. The van der Waals surface area contributed by atoms with Gasteiger partial charge in [0.1, 0.15) is 29.9 Å². The van der Waals surface area contributed by atoms with Gasteiger partial charge in [-0.1, -0.05) is 39.8 Å². The first-order valence-corrected chi connectivity index (χ1v) is 23.5. The standard InChI is InChI=1S/C49H75N5O11/c1-13-37-49(9)43(54(47(59)65-49)26-17-16-25-51-38-21-18-19-30(3)52-38)32(5)40(56)29(2)28-48(8,60-12)44(64-46-41(57)36(53(10)11)27-31(4)61-46)33(6)42(34(7)45(58)62-37)63-39(55)23-22-35-20-14-15-24-50-35/h14-15,18-21,24,29,31-34,36-37,41-44,46,57H,13,16-17,22-23,25-28H2,1-12H3,(H,51,52)/t29-,31-,32+,33-,34-,36+,37-,41-,42-,43+,44-,46?,48-,49-/m1/s1. The van der Waals surface area contributed by atoms with Crippen LogP contribution in [0.3, 0.4) is 0 Å². The van der Waals surface area contributed by atoms with Crippen LogP contribution in [0.15, 0.2) is 42.6 Å². The lowest BCUT2D eigenvalue weighted by atomic mass is 9.73. The van der Waals surface area contributed by atoms with Crippen LogP contribution in [-0.4, -0.2) is 143 Å². The summed E-state index contributed by atoms with van der Waals surface area (Å²) in [5, 5.41) is 15.1. The van der Waals surface area contributed by atoms with Crippen molar-refractivity contribution in [3.8, 4) is 0 Å². The van der Waals surface area contributed by atoms with Gasteiger partial charge in [-0.05, 0) is 105 Å². The van der Waals surface area contributed by atoms with E-state index in [1.807, 2.05) is 90.9 Å². The van der Waals surface area contributed by atoms with E-state index in [1.54, 1.807) is 37.9 Å². The number of aliphatic hydroxyl groups excluding tert-OH is 1. The zero-order valence-electron chi connectivity index (χ0n) is 40.7. The van der Waals surface area contributed by atoms with Crippen molar-refractivity contribution in [1.29, 1.82) is 0 Å². The molecule has 3 aliphatic rings. The monoisotopic (exact) mass is 910 g/mol. The zero-order valence-corrected chi connectivity index (χ0v) is 40.7. The number of nitrogens with one attached hydrogen (secondary N) is 1. The summed E-state index contributed by atoms with van der Waals surface area (Å²) in [6.45, 7) is 17.3. The van der Waals surface area contributed by atoms with E-state index < -0.39 is 89.7 Å². The predicted molar refractivity (Wildman–Crippen MR) is 244 cm³/mol. The number of amides is 1. The highest BCUT2D eigenvalue weighted by Crippen LogP contribution is 2.44. The largest absolute Gasteiger partial charge is 0.461 e. The molecular formula is C49H75N5O11. The van der Waals surface area contributed by atoms with Gasteiger partial charge in [-0.2, -0.15) is 0 Å². The van der Waals surface area contributed by atoms with Crippen LogP contribution in [-0.2, 0) is 49.2 Å². The van der Waals surface area contributed by atoms with Crippen molar-refractivity contribution < 1.29 is 52.7 Å². The third kappa shape index (κ3) is 12.2. The van der Waals surface area contributed by atoms with Gasteiger partial charge in [-0.3, -0.25) is 19.4 Å². The maximum atomic E-state index is 15.0. The molecule has 0 aliphatic carbocycles. The minimum atomic E-state index is -1.42. The lowest BCUT2D eigenvalue weighted by molar-refractivity contribution is -0.301. The Bertz CT molecular complexity index is 1910. The molecule has 16 heteroatoms. The van der Waals surface area contributed by atoms with E-state index >= 15 is 0 Å². The number of carbonyl (C=O) groups excluding carboxylic acids is 4. The fraction of sp³-hybridized carbons (Fsp3) is 0.714. The molecule has 1 amide bonds. The predicted octanol–water partition coefficient (Wildman–Crippen LogP) is 6.16. The Morgan fingerprint density at radius 2 is 1.77 bits per heavy atom. The van der Waals surface area contributed by atoms with E-state index in [0.717, 1.165) is 11.5 Å². The summed E-state index contributed by atoms with van der Waals surface area (Å²) in [5.41, 5.74) is -1.10. The van der Waals surface area contributed by atoms with E-state index in [0.29, 0.717) is 44.5 Å². The molecule has 1 unspecified atom stereocenters. The molecule has 0 aromatic carbocycles. The summed E-state index contributed by atoms with van der Waals surface area (Å²) in [6.07, 6.45) is -2.04. The molecule has 362 valence electrons. The van der Waals surface area contributed by atoms with E-state index in [1.165, 1.54) is 7.11 Å². The van der Waals surface area contributed by atoms with E-state index in [2.05, 4.69) is 15.3 Å². The van der Waals surface area contributed by atoms with Gasteiger partial charge in [-0.15, -0.1) is 0 Å². The highest BCUT2D eigenvalue weighted by Gasteiger charge is 2.60. The number of unbranched alkanes of at least 4 members (excludes halogenated alkanes) is 1. The summed E-state index contributed by atoms with van der Waals surface area (Å²) in [4.78, 5) is 69.9. The number of esters is 2. The highest BCUT2D eigenvalue weighted by atomic mass is 16.7. The first kappa shape index (κ1) is 51.8. The van der Waals surface area contributed by atoms with Gasteiger partial charge in [0, 0.05) is 68.0 Å². The van der Waals surface area contributed by atoms with Crippen molar-refractivity contribution in [2.75, 3.05) is 39.6 Å². The van der Waals surface area contributed by atoms with E-state index in [4.69, 9.17) is 28.4 Å². The maximum Gasteiger partial charge on any atom is 0.410 e. The molecule has 3 fully saturated rings. The van der Waals surface area contributed by atoms with Gasteiger partial charge in [-0.25, -0.2) is 9.78 Å². The number of ether oxygens (including phenoxy) is 6. The SMILES string of the molecule is CC[C@H]1OC(=O)[C@H](C)[C@H](OC(=O)CCc2ccccn2)[C@@H](C)[C@@H](OC2O[C@H](C)C[C@H](N(C)C)[C@H]2O)[C@](C)(OC)C[C@@H](C)C(=O)[C@H](C)[C@@H]2N(CCCCNc3cccc(C)n3)C(=O)O[C@@]21C. The number of hydrogen-bond acceptors (Lipinski definition) is 15. The Hall–Kier alpha value is -4.22. The van der Waals surface area contributed by atoms with Crippen LogP contribution >= 0.6 is 0 Å². The number of ketones is 1. The van der Waals surface area contributed by atoms with Gasteiger partial charge in [0.2, 0.25) is 0 Å². The molecule has 0 saturated carbocycles. The molecule has 16 nitrogen and oxygen atoms in total. The molecule has 2 N–H and O–H groups in total. The van der Waals surface area contributed by atoms with Gasteiger partial charge in [0.15, 0.2) is 11.9 Å². The molecule has 5 rings (SSSR count). The number of rotatable bonds is 15. The summed E-state index contributed by atoms with van der Waals surface area (Å²) in [5.74, 6) is -3.92. The lowest BCUT2D eigenvalue weighted by Gasteiger charge is -2.48. The minimum Gasteiger partial charge on any atom is -0.461 e. The molecular weight excluding hydrogens is 835 g/mol. The minimum absolute atomic E-state index is 0.0209. The van der Waals surface area contributed by atoms with Crippen LogP contribution in [0.5, 0.6) is 0 Å². The molecule has 0 radical (unpaired) electrons. The number of likely N-dealkylation sites (N-methyl/N-ethyl adjacent to an activating group) is 1. The Labute approximate surface area is 385 Å². The second-order valence-corrected chi connectivity index (χ2v) is 19.2. The number of aromatic nitrogens is 2. The lowest BCUT2D eigenvalue weighted by Crippen LogP contribution is -2.61. The molecule has 3 saturated heterocycles. The van der Waals surface area contributed by atoms with Crippen molar-refractivity contribution in [3.05, 3.63) is 54.0 Å². The number of Topliss-reactive ketones (excluding diaryl/α,β-unsaturated/α-hetero) is 1. The molecule has 0 bridgehead atoms. The summed E-state index contributed by atoms with van der Waals surface area (Å²) >= 11 is 0. The average molecular weight is 910 g/mol. The Morgan fingerprint density at radius 1 is 1.03 bits per heavy atom. The van der Waals surface area contributed by atoms with Crippen LogP contribution < -0.4 is 5.32 Å². The highest BCUT2D eigenvalue weighted by molar-refractivity contribution is 5.85. The van der Waals surface area contributed by atoms with Gasteiger partial charge >= 0.3 is 18.0 Å². The number of aliphatic hydroxyl groups is 1. The number of pyridine rings is 2. The number of methoxy groups -OCH3 is 1. The Kier molecular flexibility index (Phi) is 17.9. The molecule has 5 heterocycles. The number of aryl methyl sites for hydroxylation is 2.